The van der Waals surface area contributed by atoms with Crippen LogP contribution in [0.4, 0.5) is 5.69 Å². The zero-order valence-electron chi connectivity index (χ0n) is 27.4. The molecule has 1 saturated carbocycles. The van der Waals surface area contributed by atoms with Crippen LogP contribution < -0.4 is 25.0 Å². The lowest BCUT2D eigenvalue weighted by Crippen LogP contribution is -2.43. The van der Waals surface area contributed by atoms with Crippen molar-refractivity contribution in [3.8, 4) is 11.5 Å². The highest BCUT2D eigenvalue weighted by molar-refractivity contribution is 5.94. The van der Waals surface area contributed by atoms with Crippen molar-refractivity contribution in [3.05, 3.63) is 53.6 Å². The van der Waals surface area contributed by atoms with Gasteiger partial charge in [0.1, 0.15) is 23.7 Å². The number of amides is 1. The van der Waals surface area contributed by atoms with Gasteiger partial charge in [0.15, 0.2) is 0 Å². The van der Waals surface area contributed by atoms with E-state index in [4.69, 9.17) is 9.47 Å². The molecule has 45 heavy (non-hydrogen) atoms. The molecule has 2 N–H and O–H groups in total. The molecule has 0 aromatic heterocycles. The molecule has 0 radical (unpaired) electrons. The van der Waals surface area contributed by atoms with Crippen LogP contribution in [0.2, 0.25) is 0 Å². The van der Waals surface area contributed by atoms with Gasteiger partial charge >= 0.3 is 0 Å². The lowest BCUT2D eigenvalue weighted by molar-refractivity contribution is 0.0595. The van der Waals surface area contributed by atoms with Crippen LogP contribution in [0.5, 0.6) is 11.5 Å². The van der Waals surface area contributed by atoms with Gasteiger partial charge in [0.25, 0.3) is 5.91 Å². The summed E-state index contributed by atoms with van der Waals surface area (Å²) in [5.41, 5.74) is 3.62. The van der Waals surface area contributed by atoms with E-state index in [1.54, 1.807) is 0 Å². The van der Waals surface area contributed by atoms with E-state index < -0.39 is 0 Å². The summed E-state index contributed by atoms with van der Waals surface area (Å²) >= 11 is 0. The van der Waals surface area contributed by atoms with Crippen molar-refractivity contribution in [2.24, 2.45) is 11.3 Å². The molecular formula is C36H54Cl2N4O3. The molecule has 9 heteroatoms. The molecule has 1 amide bonds. The molecule has 3 aliphatic heterocycles. The molecule has 6 rings (SSSR count). The molecule has 4 aliphatic rings. The highest BCUT2D eigenvalue weighted by Crippen LogP contribution is 2.45. The van der Waals surface area contributed by atoms with Crippen molar-refractivity contribution < 1.29 is 14.3 Å². The van der Waals surface area contributed by atoms with Gasteiger partial charge in [-0.25, -0.2) is 0 Å². The Morgan fingerprint density at radius 3 is 2.18 bits per heavy atom. The predicted octanol–water partition coefficient (Wildman–Crippen LogP) is 6.68. The Morgan fingerprint density at radius 2 is 1.51 bits per heavy atom. The van der Waals surface area contributed by atoms with Crippen LogP contribution in [0, 0.1) is 11.3 Å². The van der Waals surface area contributed by atoms with E-state index in [0.29, 0.717) is 11.3 Å². The molecule has 3 heterocycles. The lowest BCUT2D eigenvalue weighted by Gasteiger charge is -2.37. The van der Waals surface area contributed by atoms with Gasteiger partial charge in [-0.05, 0) is 91.8 Å². The van der Waals surface area contributed by atoms with Gasteiger partial charge in [0.05, 0.1) is 0 Å². The fourth-order valence-electron chi connectivity index (χ4n) is 7.51. The third-order valence-corrected chi connectivity index (χ3v) is 10.3. The second-order valence-electron chi connectivity index (χ2n) is 14.2. The normalized spacial score (nSPS) is 24.4. The number of nitrogens with zero attached hydrogens (tertiary/aromatic N) is 2. The maximum Gasteiger partial charge on any atom is 0.253 e. The first-order chi connectivity index (χ1) is 20.8. The Balaban J connectivity index is 0.00000230. The molecule has 2 aromatic rings. The van der Waals surface area contributed by atoms with Crippen molar-refractivity contribution in [1.29, 1.82) is 0 Å². The van der Waals surface area contributed by atoms with Gasteiger partial charge in [-0.3, -0.25) is 4.79 Å². The minimum Gasteiger partial charge on any atom is -0.490 e. The molecule has 2 aromatic carbocycles. The molecule has 0 spiro atoms. The van der Waals surface area contributed by atoms with Gasteiger partial charge in [-0.2, -0.15) is 0 Å². The summed E-state index contributed by atoms with van der Waals surface area (Å²) in [7, 11) is 0. The van der Waals surface area contributed by atoms with Gasteiger partial charge in [0, 0.05) is 76.0 Å². The Labute approximate surface area is 283 Å². The van der Waals surface area contributed by atoms with Gasteiger partial charge < -0.3 is 29.9 Å². The number of piperidine rings is 1. The van der Waals surface area contributed by atoms with Crippen molar-refractivity contribution in [1.82, 2.24) is 15.5 Å². The lowest BCUT2D eigenvalue weighted by atomic mass is 9.68. The summed E-state index contributed by atoms with van der Waals surface area (Å²) in [6.07, 6.45) is 7.88. The highest BCUT2D eigenvalue weighted by atomic mass is 35.5. The van der Waals surface area contributed by atoms with E-state index in [-0.39, 0.29) is 42.9 Å². The fourth-order valence-corrected chi connectivity index (χ4v) is 7.51. The van der Waals surface area contributed by atoms with Gasteiger partial charge in [-0.1, -0.05) is 26.8 Å². The topological polar surface area (TPSA) is 66.1 Å². The summed E-state index contributed by atoms with van der Waals surface area (Å²) in [6, 6.07) is 14.7. The van der Waals surface area contributed by atoms with Crippen LogP contribution >= 0.6 is 24.8 Å². The van der Waals surface area contributed by atoms with Gasteiger partial charge in [0.2, 0.25) is 0 Å². The predicted molar refractivity (Wildman–Crippen MR) is 188 cm³/mol. The largest absolute Gasteiger partial charge is 0.490 e. The molecule has 3 saturated heterocycles. The third kappa shape index (κ3) is 9.00. The quantitative estimate of drug-likeness (QED) is 0.345. The summed E-state index contributed by atoms with van der Waals surface area (Å²) in [4.78, 5) is 18.2. The molecule has 250 valence electrons. The molecule has 1 aliphatic carbocycles. The Morgan fingerprint density at radius 1 is 0.778 bits per heavy atom. The van der Waals surface area contributed by atoms with Crippen LogP contribution in [0.3, 0.4) is 0 Å². The maximum atomic E-state index is 13.8. The number of likely N-dealkylation sites (tertiary alicyclic amines) is 1. The summed E-state index contributed by atoms with van der Waals surface area (Å²) < 4.78 is 13.0. The number of hydrogen-bond donors (Lipinski definition) is 2. The van der Waals surface area contributed by atoms with Crippen molar-refractivity contribution in [2.45, 2.75) is 83.8 Å². The maximum absolute atomic E-state index is 13.8. The number of rotatable bonds is 7. The first-order valence-corrected chi connectivity index (χ1v) is 16.9. The van der Waals surface area contributed by atoms with E-state index >= 15 is 0 Å². The number of piperazine rings is 1. The SMILES string of the molecule is CC(C)(C)C1CCC(c2cc(C(=O)N3CCC(Oc4cccc(N5CCNCC5)c4)CC3)ccc2O[C@H]2CCNC2)CC1.Cl.Cl. The highest BCUT2D eigenvalue weighted by Gasteiger charge is 2.33. The average Bonchev–Trinajstić information content (AvgIpc) is 3.55. The van der Waals surface area contributed by atoms with Gasteiger partial charge in [-0.15, -0.1) is 24.8 Å². The Hall–Kier alpha value is -2.19. The smallest absolute Gasteiger partial charge is 0.253 e. The standard InChI is InChI=1S/C36H52N4O3.2ClH/c1-36(2,3)28-10-7-26(8-11-28)33-23-27(9-12-34(33)43-32-13-16-38-25-32)35(41)40-19-14-30(15-20-40)42-31-6-4-5-29(24-31)39-21-17-37-18-22-39;;/h4-6,9,12,23-24,26,28,30,32,37-38H,7-8,10-11,13-22,25H2,1-3H3;2*1H/t26?,28?,32-;;/m0../s1. The van der Waals surface area contributed by atoms with Crippen LogP contribution in [-0.4, -0.2) is 75.4 Å². The van der Waals surface area contributed by atoms with Crippen LogP contribution in [0.1, 0.15) is 87.6 Å². The number of anilines is 1. The van der Waals surface area contributed by atoms with E-state index in [9.17, 15) is 4.79 Å². The number of halogens is 2. The summed E-state index contributed by atoms with van der Waals surface area (Å²) in [5.74, 6) is 3.26. The average molecular weight is 662 g/mol. The first kappa shape index (κ1) is 35.7. The molecule has 4 fully saturated rings. The fraction of sp³-hybridized carbons (Fsp3) is 0.639. The molecule has 7 nitrogen and oxygen atoms in total. The molecule has 0 unspecified atom stereocenters. The number of benzene rings is 2. The van der Waals surface area contributed by atoms with Crippen LogP contribution in [0.25, 0.3) is 0 Å². The van der Waals surface area contributed by atoms with E-state index in [2.05, 4.69) is 72.7 Å². The van der Waals surface area contributed by atoms with Crippen molar-refractivity contribution in [3.63, 3.8) is 0 Å². The Kier molecular flexibility index (Phi) is 12.7. The van der Waals surface area contributed by atoms with E-state index in [1.165, 1.54) is 24.1 Å². The van der Waals surface area contributed by atoms with Crippen LogP contribution in [0.15, 0.2) is 42.5 Å². The number of carbonyl (C=O) groups is 1. The third-order valence-electron chi connectivity index (χ3n) is 10.3. The number of nitrogens with one attached hydrogen (secondary N) is 2. The minimum atomic E-state index is 0. The second-order valence-corrected chi connectivity index (χ2v) is 14.2. The minimum absolute atomic E-state index is 0. The number of ether oxygens (including phenoxy) is 2. The number of carbonyl (C=O) groups excluding carboxylic acids is 1. The summed E-state index contributed by atoms with van der Waals surface area (Å²) in [6.45, 7) is 14.5. The zero-order chi connectivity index (χ0) is 29.8. The van der Waals surface area contributed by atoms with Crippen molar-refractivity contribution in [2.75, 3.05) is 57.3 Å². The van der Waals surface area contributed by atoms with Crippen molar-refractivity contribution >= 4 is 36.4 Å². The number of hydrogen-bond acceptors (Lipinski definition) is 6. The van der Waals surface area contributed by atoms with Crippen LogP contribution in [-0.2, 0) is 0 Å². The zero-order valence-corrected chi connectivity index (χ0v) is 29.0. The van der Waals surface area contributed by atoms with E-state index in [1.807, 2.05) is 11.0 Å². The molecule has 1 atom stereocenters. The Bertz CT molecular complexity index is 1230. The molecule has 0 bridgehead atoms. The second kappa shape index (κ2) is 16.1. The molecular weight excluding hydrogens is 607 g/mol. The van der Waals surface area contributed by atoms with E-state index in [0.717, 1.165) is 107 Å². The summed E-state index contributed by atoms with van der Waals surface area (Å²) in [5, 5.41) is 6.84. The first-order valence-electron chi connectivity index (χ1n) is 16.9. The monoisotopic (exact) mass is 660 g/mol.